The lowest BCUT2D eigenvalue weighted by Crippen LogP contribution is -2.38. The number of carbonyl (C=O) groups is 4. The van der Waals surface area contributed by atoms with E-state index in [1.807, 2.05) is 64.8 Å². The lowest BCUT2D eigenvalue weighted by Gasteiger charge is -2.34. The van der Waals surface area contributed by atoms with Crippen molar-refractivity contribution in [3.05, 3.63) is 114 Å². The molecule has 0 spiro atoms. The summed E-state index contributed by atoms with van der Waals surface area (Å²) in [5.41, 5.74) is 2.55. The van der Waals surface area contributed by atoms with Gasteiger partial charge in [-0.25, -0.2) is 4.79 Å². The van der Waals surface area contributed by atoms with E-state index in [-0.39, 0.29) is 29.4 Å². The van der Waals surface area contributed by atoms with E-state index in [0.29, 0.717) is 30.3 Å². The van der Waals surface area contributed by atoms with Gasteiger partial charge in [-0.05, 0) is 129 Å². The van der Waals surface area contributed by atoms with Gasteiger partial charge in [0.25, 0.3) is 0 Å². The van der Waals surface area contributed by atoms with E-state index < -0.39 is 5.60 Å². The third kappa shape index (κ3) is 25.6. The summed E-state index contributed by atoms with van der Waals surface area (Å²) < 4.78 is 33.9. The number of ether oxygens (including phenoxy) is 6. The van der Waals surface area contributed by atoms with Crippen LogP contribution in [0.5, 0.6) is 17.2 Å². The van der Waals surface area contributed by atoms with E-state index in [9.17, 15) is 4.79 Å². The summed E-state index contributed by atoms with van der Waals surface area (Å²) in [6.45, 7) is 27.0. The minimum absolute atomic E-state index is 0.172. The molecule has 0 atom stereocenters. The van der Waals surface area contributed by atoms with E-state index in [0.717, 1.165) is 35.5 Å². The average Bonchev–Trinajstić information content (AvgIpc) is 3.19. The highest BCUT2D eigenvalue weighted by molar-refractivity contribution is 5.89. The zero-order valence-electron chi connectivity index (χ0n) is 37.7. The molecule has 0 aliphatic carbocycles. The van der Waals surface area contributed by atoms with Crippen molar-refractivity contribution in [2.75, 3.05) is 35.0 Å². The SMILES string of the molecule is C=CC=O.C=CC=O.C=O.CN=Cc1cc(CCOC(=O)c2ccc(OC(C)(C)CC(C)(C)OC)cc2)ccc1OC.COC(C)(C)CC(C)(C)Oc1ccc(C)cc1. The molecule has 3 aromatic carbocycles. The van der Waals surface area contributed by atoms with Gasteiger partial charge in [-0.1, -0.05) is 36.9 Å². The molecule has 59 heavy (non-hydrogen) atoms. The highest BCUT2D eigenvalue weighted by Crippen LogP contribution is 2.29. The van der Waals surface area contributed by atoms with E-state index in [4.69, 9.17) is 42.8 Å². The smallest absolute Gasteiger partial charge is 0.338 e. The van der Waals surface area contributed by atoms with Crippen molar-refractivity contribution in [2.45, 2.75) is 104 Å². The molecule has 11 nitrogen and oxygen atoms in total. The first-order chi connectivity index (χ1) is 27.7. The Morgan fingerprint density at radius 1 is 0.678 bits per heavy atom. The number of hydrogen-bond donors (Lipinski definition) is 0. The van der Waals surface area contributed by atoms with Crippen LogP contribution >= 0.6 is 0 Å². The van der Waals surface area contributed by atoms with Crippen molar-refractivity contribution in [1.82, 2.24) is 0 Å². The summed E-state index contributed by atoms with van der Waals surface area (Å²) in [6, 6.07) is 21.0. The molecule has 0 aliphatic heterocycles. The van der Waals surface area contributed by atoms with Crippen LogP contribution in [0.25, 0.3) is 0 Å². The molecule has 0 bridgehead atoms. The van der Waals surface area contributed by atoms with Crippen molar-refractivity contribution < 1.29 is 47.6 Å². The lowest BCUT2D eigenvalue weighted by molar-refractivity contribution is -0.104. The predicted octanol–water partition coefficient (Wildman–Crippen LogP) is 9.64. The fraction of sp³-hybridized carbons (Fsp3) is 0.438. The predicted molar refractivity (Wildman–Crippen MR) is 239 cm³/mol. The molecular formula is C48H69NO10. The molecule has 0 aromatic heterocycles. The van der Waals surface area contributed by atoms with Crippen LogP contribution in [-0.4, -0.2) is 88.9 Å². The third-order valence-electron chi connectivity index (χ3n) is 8.09. The van der Waals surface area contributed by atoms with Gasteiger partial charge in [0.15, 0.2) is 0 Å². The van der Waals surface area contributed by atoms with Crippen LogP contribution in [0.4, 0.5) is 0 Å². The number of aliphatic imine (C=N–C) groups is 1. The summed E-state index contributed by atoms with van der Waals surface area (Å²) in [6.07, 6.45) is 7.57. The topological polar surface area (TPSA) is 136 Å². The molecular weight excluding hydrogens is 751 g/mol. The number of carbonyl (C=O) groups excluding carboxylic acids is 4. The Bertz CT molecular complexity index is 1670. The largest absolute Gasteiger partial charge is 0.496 e. The standard InChI is InChI=1S/C26H35NO5.C15H24O2.2C3H4O.CH2O/c1-25(2,30-7)18-26(3,4)32-22-11-9-20(10-12-22)24(28)31-15-14-19-8-13-23(29-6)21(16-19)17-27-5;1-12-7-9-13(10-8-12)17-15(4,5)11-14(2,3)16-6;2*1-2-3-4;1-2/h8-13,16-17H,14-15,18H2,1-7H3;7-10H,11H2,1-6H3;2*2-3H,1H2;1H2. The first-order valence-corrected chi connectivity index (χ1v) is 19.0. The second kappa shape index (κ2) is 28.9. The van der Waals surface area contributed by atoms with Gasteiger partial charge >= 0.3 is 5.97 Å². The molecule has 0 aliphatic rings. The summed E-state index contributed by atoms with van der Waals surface area (Å²) in [5, 5.41) is 0. The van der Waals surface area contributed by atoms with Crippen molar-refractivity contribution in [2.24, 2.45) is 4.99 Å². The Labute approximate surface area is 353 Å². The van der Waals surface area contributed by atoms with E-state index >= 15 is 0 Å². The molecule has 0 amide bonds. The van der Waals surface area contributed by atoms with Crippen molar-refractivity contribution in [3.8, 4) is 17.2 Å². The number of hydrogen-bond acceptors (Lipinski definition) is 11. The number of nitrogens with zero attached hydrogens (tertiary/aromatic N) is 1. The Hall–Kier alpha value is -5.39. The first-order valence-electron chi connectivity index (χ1n) is 19.0. The summed E-state index contributed by atoms with van der Waals surface area (Å²) in [7, 11) is 6.78. The fourth-order valence-corrected chi connectivity index (χ4v) is 5.69. The van der Waals surface area contributed by atoms with E-state index in [1.165, 1.54) is 17.7 Å². The Balaban J connectivity index is 0. The van der Waals surface area contributed by atoms with Crippen LogP contribution in [-0.2, 0) is 35.0 Å². The molecule has 0 N–H and O–H groups in total. The molecule has 3 aromatic rings. The quantitative estimate of drug-likeness (QED) is 0.0528. The van der Waals surface area contributed by atoms with Crippen molar-refractivity contribution in [1.29, 1.82) is 0 Å². The van der Waals surface area contributed by atoms with E-state index in [2.05, 4.69) is 64.9 Å². The normalized spacial score (nSPS) is 10.9. The van der Waals surface area contributed by atoms with Gasteiger partial charge in [-0.3, -0.25) is 14.6 Å². The molecule has 0 unspecified atom stereocenters. The van der Waals surface area contributed by atoms with Gasteiger partial charge in [-0.15, -0.1) is 0 Å². The monoisotopic (exact) mass is 819 g/mol. The van der Waals surface area contributed by atoms with Gasteiger partial charge in [0.2, 0.25) is 0 Å². The Morgan fingerprint density at radius 2 is 1.10 bits per heavy atom. The zero-order valence-corrected chi connectivity index (χ0v) is 37.7. The summed E-state index contributed by atoms with van der Waals surface area (Å²) in [4.78, 5) is 42.6. The van der Waals surface area contributed by atoms with Crippen LogP contribution in [0, 0.1) is 6.92 Å². The first kappa shape index (κ1) is 55.7. The molecule has 0 radical (unpaired) electrons. The maximum atomic E-state index is 12.4. The number of aldehydes is 2. The van der Waals surface area contributed by atoms with Crippen molar-refractivity contribution in [3.63, 3.8) is 0 Å². The second-order valence-corrected chi connectivity index (χ2v) is 15.4. The number of rotatable bonds is 18. The van der Waals surface area contributed by atoms with Crippen LogP contribution in [0.3, 0.4) is 0 Å². The molecule has 326 valence electrons. The number of aryl methyl sites for hydroxylation is 1. The molecule has 0 saturated carbocycles. The number of allylic oxidation sites excluding steroid dienone is 2. The maximum absolute atomic E-state index is 12.4. The zero-order chi connectivity index (χ0) is 45.7. The van der Waals surface area contributed by atoms with Gasteiger partial charge in [0.1, 0.15) is 47.8 Å². The Morgan fingerprint density at radius 3 is 1.47 bits per heavy atom. The van der Waals surface area contributed by atoms with Crippen LogP contribution in [0.2, 0.25) is 0 Å². The number of esters is 1. The fourth-order valence-electron chi connectivity index (χ4n) is 5.69. The minimum Gasteiger partial charge on any atom is -0.496 e. The average molecular weight is 820 g/mol. The van der Waals surface area contributed by atoms with Crippen LogP contribution in [0.15, 0.2) is 97.0 Å². The minimum atomic E-state index is -0.415. The second-order valence-electron chi connectivity index (χ2n) is 15.4. The van der Waals surface area contributed by atoms with Gasteiger partial charge in [0.05, 0.1) is 30.5 Å². The van der Waals surface area contributed by atoms with Gasteiger partial charge in [0, 0.05) is 52.3 Å². The van der Waals surface area contributed by atoms with Crippen LogP contribution < -0.4 is 14.2 Å². The number of methoxy groups -OCH3 is 3. The van der Waals surface area contributed by atoms with E-state index in [1.54, 1.807) is 58.9 Å². The maximum Gasteiger partial charge on any atom is 0.338 e. The number of benzene rings is 3. The van der Waals surface area contributed by atoms with Crippen molar-refractivity contribution >= 4 is 31.5 Å². The molecule has 0 heterocycles. The molecule has 0 fully saturated rings. The highest BCUT2D eigenvalue weighted by atomic mass is 16.5. The summed E-state index contributed by atoms with van der Waals surface area (Å²) >= 11 is 0. The summed E-state index contributed by atoms with van der Waals surface area (Å²) in [5.74, 6) is 2.00. The van der Waals surface area contributed by atoms with Crippen LogP contribution in [0.1, 0.15) is 95.3 Å². The Kier molecular flexibility index (Phi) is 27.3. The highest BCUT2D eigenvalue weighted by Gasteiger charge is 2.31. The van der Waals surface area contributed by atoms with Gasteiger partial charge < -0.3 is 33.2 Å². The lowest BCUT2D eigenvalue weighted by atomic mass is 9.92. The molecule has 11 heteroatoms. The molecule has 0 saturated heterocycles. The molecule has 3 rings (SSSR count). The third-order valence-corrected chi connectivity index (χ3v) is 8.09. The van der Waals surface area contributed by atoms with Gasteiger partial charge in [-0.2, -0.15) is 0 Å².